The summed E-state index contributed by atoms with van der Waals surface area (Å²) < 4.78 is 31.4. The van der Waals surface area contributed by atoms with Crippen LogP contribution in [0.4, 0.5) is 8.78 Å². The largest absolute Gasteiger partial charge is 0.478 e. The molecule has 1 aromatic carbocycles. The third kappa shape index (κ3) is 2.38. The van der Waals surface area contributed by atoms with Gasteiger partial charge in [0.25, 0.3) is 5.89 Å². The summed E-state index contributed by atoms with van der Waals surface area (Å²) in [5.74, 6) is -3.92. The number of carboxylic acid groups (broad SMARTS) is 1. The standard InChI is InChI=1S/C12H5F2N3O3S/c13-7-1-5(6(12(18)19)2-8(7)14)11-16-10(17-20-11)9-3-15-4-21-9/h1-4H,(H,18,19). The first-order valence-electron chi connectivity index (χ1n) is 5.51. The minimum absolute atomic E-state index is 0.188. The van der Waals surface area contributed by atoms with Crippen molar-refractivity contribution < 1.29 is 23.2 Å². The van der Waals surface area contributed by atoms with E-state index in [0.717, 1.165) is 0 Å². The summed E-state index contributed by atoms with van der Waals surface area (Å²) in [5, 5.41) is 12.7. The van der Waals surface area contributed by atoms with Crippen LogP contribution in [0.1, 0.15) is 10.4 Å². The molecule has 0 amide bonds. The summed E-state index contributed by atoms with van der Waals surface area (Å²) in [4.78, 5) is 19.5. The van der Waals surface area contributed by atoms with Crippen molar-refractivity contribution in [3.63, 3.8) is 0 Å². The van der Waals surface area contributed by atoms with Crippen LogP contribution in [0.15, 0.2) is 28.4 Å². The summed E-state index contributed by atoms with van der Waals surface area (Å²) in [5.41, 5.74) is 0.907. The van der Waals surface area contributed by atoms with Crippen molar-refractivity contribution >= 4 is 17.3 Å². The molecule has 0 aliphatic rings. The number of rotatable bonds is 3. The molecule has 0 spiro atoms. The molecule has 3 aromatic rings. The highest BCUT2D eigenvalue weighted by atomic mass is 32.1. The average Bonchev–Trinajstić information content (AvgIpc) is 3.10. The molecule has 21 heavy (non-hydrogen) atoms. The second-order valence-electron chi connectivity index (χ2n) is 3.91. The molecule has 3 rings (SSSR count). The Kier molecular flexibility index (Phi) is 3.18. The van der Waals surface area contributed by atoms with Crippen LogP contribution in [0.3, 0.4) is 0 Å². The Morgan fingerprint density at radius 2 is 2.05 bits per heavy atom. The molecule has 0 radical (unpaired) electrons. The quantitative estimate of drug-likeness (QED) is 0.800. The van der Waals surface area contributed by atoms with Gasteiger partial charge in [-0.25, -0.2) is 13.6 Å². The minimum atomic E-state index is -1.43. The van der Waals surface area contributed by atoms with Crippen LogP contribution in [-0.2, 0) is 0 Å². The molecule has 0 unspecified atom stereocenters. The number of carboxylic acids is 1. The van der Waals surface area contributed by atoms with E-state index in [1.165, 1.54) is 17.5 Å². The lowest BCUT2D eigenvalue weighted by molar-refractivity contribution is 0.0696. The number of thiazole rings is 1. The van der Waals surface area contributed by atoms with Crippen molar-refractivity contribution in [2.45, 2.75) is 0 Å². The Balaban J connectivity index is 2.12. The number of carbonyl (C=O) groups is 1. The van der Waals surface area contributed by atoms with Crippen molar-refractivity contribution in [2.24, 2.45) is 0 Å². The van der Waals surface area contributed by atoms with Crippen molar-refractivity contribution in [1.82, 2.24) is 15.1 Å². The van der Waals surface area contributed by atoms with E-state index < -0.39 is 23.2 Å². The second kappa shape index (κ2) is 5.02. The molecule has 9 heteroatoms. The zero-order chi connectivity index (χ0) is 15.0. The van der Waals surface area contributed by atoms with E-state index in [1.807, 2.05) is 0 Å². The number of halogens is 2. The van der Waals surface area contributed by atoms with Crippen molar-refractivity contribution in [2.75, 3.05) is 0 Å². The van der Waals surface area contributed by atoms with Gasteiger partial charge >= 0.3 is 5.97 Å². The van der Waals surface area contributed by atoms with Gasteiger partial charge in [-0.15, -0.1) is 11.3 Å². The maximum atomic E-state index is 13.3. The summed E-state index contributed by atoms with van der Waals surface area (Å²) in [6.07, 6.45) is 1.50. The number of hydrogen-bond donors (Lipinski definition) is 1. The molecular formula is C12H5F2N3O3S. The van der Waals surface area contributed by atoms with Gasteiger partial charge in [0.15, 0.2) is 11.6 Å². The number of nitrogens with zero attached hydrogens (tertiary/aromatic N) is 3. The van der Waals surface area contributed by atoms with Crippen LogP contribution in [0.5, 0.6) is 0 Å². The maximum Gasteiger partial charge on any atom is 0.336 e. The highest BCUT2D eigenvalue weighted by Crippen LogP contribution is 2.28. The Hall–Kier alpha value is -2.68. The fraction of sp³-hybridized carbons (Fsp3) is 0. The van der Waals surface area contributed by atoms with Gasteiger partial charge in [-0.1, -0.05) is 5.16 Å². The van der Waals surface area contributed by atoms with Gasteiger partial charge < -0.3 is 9.63 Å². The summed E-state index contributed by atoms with van der Waals surface area (Å²) >= 11 is 1.25. The molecule has 0 atom stereocenters. The Bertz CT molecular complexity index is 817. The Morgan fingerprint density at radius 1 is 1.29 bits per heavy atom. The fourth-order valence-electron chi connectivity index (χ4n) is 1.66. The van der Waals surface area contributed by atoms with Gasteiger partial charge in [0.1, 0.15) is 0 Å². The van der Waals surface area contributed by atoms with Crippen LogP contribution in [0, 0.1) is 11.6 Å². The molecule has 6 nitrogen and oxygen atoms in total. The number of aromatic carboxylic acids is 1. The van der Waals surface area contributed by atoms with Gasteiger partial charge in [-0.05, 0) is 12.1 Å². The molecule has 1 N–H and O–H groups in total. The fourth-order valence-corrected chi connectivity index (χ4v) is 2.21. The van der Waals surface area contributed by atoms with E-state index in [4.69, 9.17) is 9.63 Å². The van der Waals surface area contributed by atoms with Gasteiger partial charge in [0, 0.05) is 6.20 Å². The predicted octanol–water partition coefficient (Wildman–Crippen LogP) is 2.84. The van der Waals surface area contributed by atoms with E-state index >= 15 is 0 Å². The molecule has 0 bridgehead atoms. The van der Waals surface area contributed by atoms with Gasteiger partial charge in [0.2, 0.25) is 5.82 Å². The number of aromatic nitrogens is 3. The van der Waals surface area contributed by atoms with Crippen LogP contribution in [0.2, 0.25) is 0 Å². The van der Waals surface area contributed by atoms with Gasteiger partial charge in [0.05, 0.1) is 21.5 Å². The van der Waals surface area contributed by atoms with Crippen LogP contribution in [0.25, 0.3) is 22.2 Å². The lowest BCUT2D eigenvalue weighted by atomic mass is 10.1. The predicted molar refractivity (Wildman–Crippen MR) is 67.7 cm³/mol. The molecular weight excluding hydrogens is 304 g/mol. The average molecular weight is 309 g/mol. The van der Waals surface area contributed by atoms with Gasteiger partial charge in [-0.2, -0.15) is 4.98 Å². The van der Waals surface area contributed by atoms with Crippen molar-refractivity contribution in [3.05, 3.63) is 41.0 Å². The van der Waals surface area contributed by atoms with E-state index in [2.05, 4.69) is 15.1 Å². The number of hydrogen-bond acceptors (Lipinski definition) is 6. The molecule has 106 valence electrons. The molecule has 0 fully saturated rings. The molecule has 0 aliphatic heterocycles. The van der Waals surface area contributed by atoms with E-state index in [1.54, 1.807) is 5.51 Å². The third-order valence-corrected chi connectivity index (χ3v) is 3.37. The van der Waals surface area contributed by atoms with E-state index in [9.17, 15) is 13.6 Å². The van der Waals surface area contributed by atoms with E-state index in [-0.39, 0.29) is 17.3 Å². The minimum Gasteiger partial charge on any atom is -0.478 e. The highest BCUT2D eigenvalue weighted by molar-refractivity contribution is 7.13. The molecule has 2 aromatic heterocycles. The molecule has 0 saturated heterocycles. The summed E-state index contributed by atoms with van der Waals surface area (Å²) in [6, 6.07) is 1.28. The monoisotopic (exact) mass is 309 g/mol. The van der Waals surface area contributed by atoms with Gasteiger partial charge in [-0.3, -0.25) is 4.98 Å². The van der Waals surface area contributed by atoms with Crippen molar-refractivity contribution in [3.8, 4) is 22.2 Å². The number of benzene rings is 1. The lowest BCUT2D eigenvalue weighted by Gasteiger charge is -2.02. The molecule has 0 saturated carbocycles. The zero-order valence-electron chi connectivity index (χ0n) is 10.1. The smallest absolute Gasteiger partial charge is 0.336 e. The first-order chi connectivity index (χ1) is 10.1. The Labute approximate surface area is 119 Å². The molecule has 0 aliphatic carbocycles. The van der Waals surface area contributed by atoms with Crippen LogP contribution < -0.4 is 0 Å². The summed E-state index contributed by atoms with van der Waals surface area (Å²) in [7, 11) is 0. The van der Waals surface area contributed by atoms with Crippen LogP contribution >= 0.6 is 11.3 Å². The van der Waals surface area contributed by atoms with E-state index in [0.29, 0.717) is 17.0 Å². The zero-order valence-corrected chi connectivity index (χ0v) is 10.9. The first kappa shape index (κ1) is 13.3. The first-order valence-corrected chi connectivity index (χ1v) is 6.39. The van der Waals surface area contributed by atoms with Crippen molar-refractivity contribution in [1.29, 1.82) is 0 Å². The Morgan fingerprint density at radius 3 is 2.71 bits per heavy atom. The topological polar surface area (TPSA) is 89.1 Å². The molecule has 2 heterocycles. The lowest BCUT2D eigenvalue weighted by Crippen LogP contribution is -2.02. The SMILES string of the molecule is O=C(O)c1cc(F)c(F)cc1-c1nc(-c2cncs2)no1. The highest BCUT2D eigenvalue weighted by Gasteiger charge is 2.21. The maximum absolute atomic E-state index is 13.3. The van der Waals surface area contributed by atoms with Crippen LogP contribution in [-0.4, -0.2) is 26.2 Å². The second-order valence-corrected chi connectivity index (χ2v) is 4.79. The summed E-state index contributed by atoms with van der Waals surface area (Å²) in [6.45, 7) is 0. The third-order valence-electron chi connectivity index (χ3n) is 2.60. The normalized spacial score (nSPS) is 10.8.